The number of hydrogen-bond acceptors (Lipinski definition) is 0. The fourth-order valence-corrected chi connectivity index (χ4v) is 2.87. The average Bonchev–Trinajstić information content (AvgIpc) is 2.60. The highest BCUT2D eigenvalue weighted by Crippen LogP contribution is 2.63. The van der Waals surface area contributed by atoms with E-state index in [1.54, 1.807) is 0 Å². The zero-order valence-corrected chi connectivity index (χ0v) is 9.01. The van der Waals surface area contributed by atoms with Gasteiger partial charge in [-0.2, -0.15) is 0 Å². The summed E-state index contributed by atoms with van der Waals surface area (Å²) in [5, 5.41) is 0. The van der Waals surface area contributed by atoms with Gasteiger partial charge in [-0.05, 0) is 17.4 Å². The van der Waals surface area contributed by atoms with Crippen LogP contribution in [0.2, 0.25) is 0 Å². The molecule has 1 heteroatoms. The predicted molar refractivity (Wildman–Crippen MR) is 55.4 cm³/mol. The van der Waals surface area contributed by atoms with Crippen LogP contribution in [0.4, 0.5) is 0 Å². The molecule has 1 aromatic carbocycles. The summed E-state index contributed by atoms with van der Waals surface area (Å²) in [4.78, 5) is 0. The first-order chi connectivity index (χ1) is 5.67. The molecule has 1 fully saturated rings. The number of alkyl halides is 1. The van der Waals surface area contributed by atoms with Gasteiger partial charge < -0.3 is 0 Å². The van der Waals surface area contributed by atoms with Crippen molar-refractivity contribution < 1.29 is 0 Å². The standard InChI is InChI=1S/C11H13Br/c1-8-9(2)11(8,12)10-6-4-3-5-7-10/h3-9H,1-2H3/t8-,9-/m0/s1. The van der Waals surface area contributed by atoms with Crippen molar-refractivity contribution in [2.75, 3.05) is 0 Å². The molecule has 0 unspecified atom stereocenters. The molecule has 0 bridgehead atoms. The van der Waals surface area contributed by atoms with Gasteiger partial charge in [0.1, 0.15) is 0 Å². The maximum Gasteiger partial charge on any atom is 0.0563 e. The summed E-state index contributed by atoms with van der Waals surface area (Å²) in [5.74, 6) is 1.53. The Balaban J connectivity index is 2.34. The number of benzene rings is 1. The van der Waals surface area contributed by atoms with E-state index >= 15 is 0 Å². The Morgan fingerprint density at radius 2 is 1.58 bits per heavy atom. The third kappa shape index (κ3) is 0.957. The summed E-state index contributed by atoms with van der Waals surface area (Å²) in [7, 11) is 0. The molecule has 0 N–H and O–H groups in total. The van der Waals surface area contributed by atoms with Crippen LogP contribution in [-0.4, -0.2) is 0 Å². The van der Waals surface area contributed by atoms with Gasteiger partial charge in [-0.15, -0.1) is 0 Å². The summed E-state index contributed by atoms with van der Waals surface area (Å²) < 4.78 is 0.272. The molecule has 0 saturated heterocycles. The lowest BCUT2D eigenvalue weighted by Crippen LogP contribution is -1.99. The molecule has 12 heavy (non-hydrogen) atoms. The van der Waals surface area contributed by atoms with Crippen molar-refractivity contribution in [2.45, 2.75) is 18.2 Å². The van der Waals surface area contributed by atoms with E-state index in [0.29, 0.717) is 0 Å². The zero-order valence-electron chi connectivity index (χ0n) is 7.42. The maximum atomic E-state index is 3.83. The van der Waals surface area contributed by atoms with Crippen molar-refractivity contribution >= 4 is 15.9 Å². The molecule has 1 aliphatic rings. The molecule has 2 atom stereocenters. The van der Waals surface area contributed by atoms with Crippen molar-refractivity contribution in [1.82, 2.24) is 0 Å². The molecule has 64 valence electrons. The fraction of sp³-hybridized carbons (Fsp3) is 0.455. The van der Waals surface area contributed by atoms with E-state index in [0.717, 1.165) is 11.8 Å². The minimum atomic E-state index is 0.272. The van der Waals surface area contributed by atoms with Crippen molar-refractivity contribution in [1.29, 1.82) is 0 Å². The third-order valence-corrected chi connectivity index (χ3v) is 5.08. The van der Waals surface area contributed by atoms with Crippen molar-refractivity contribution in [3.8, 4) is 0 Å². The van der Waals surface area contributed by atoms with Gasteiger partial charge in [-0.25, -0.2) is 0 Å². The van der Waals surface area contributed by atoms with Crippen LogP contribution in [0.15, 0.2) is 30.3 Å². The van der Waals surface area contributed by atoms with Crippen LogP contribution in [0.3, 0.4) is 0 Å². The summed E-state index contributed by atoms with van der Waals surface area (Å²) in [6.07, 6.45) is 0. The molecule has 0 heterocycles. The Morgan fingerprint density at radius 3 is 2.00 bits per heavy atom. The second-order valence-corrected chi connectivity index (χ2v) is 5.02. The lowest BCUT2D eigenvalue weighted by Gasteiger charge is -2.08. The Morgan fingerprint density at radius 1 is 1.08 bits per heavy atom. The fourth-order valence-electron chi connectivity index (χ4n) is 1.94. The highest BCUT2D eigenvalue weighted by atomic mass is 79.9. The maximum absolute atomic E-state index is 3.83. The minimum absolute atomic E-state index is 0.272. The Hall–Kier alpha value is -0.300. The van der Waals surface area contributed by atoms with Gasteiger partial charge >= 0.3 is 0 Å². The van der Waals surface area contributed by atoms with Gasteiger partial charge in [0, 0.05) is 0 Å². The highest BCUT2D eigenvalue weighted by Gasteiger charge is 2.58. The van der Waals surface area contributed by atoms with Crippen LogP contribution in [0.25, 0.3) is 0 Å². The lowest BCUT2D eigenvalue weighted by atomic mass is 10.1. The van der Waals surface area contributed by atoms with Crippen molar-refractivity contribution in [3.05, 3.63) is 35.9 Å². The number of hydrogen-bond donors (Lipinski definition) is 0. The Kier molecular flexibility index (Phi) is 1.80. The molecular weight excluding hydrogens is 212 g/mol. The second-order valence-electron chi connectivity index (χ2n) is 3.71. The first-order valence-corrected chi connectivity index (χ1v) is 5.21. The molecule has 0 nitrogen and oxygen atoms in total. The van der Waals surface area contributed by atoms with Gasteiger partial charge in [0.05, 0.1) is 4.32 Å². The normalized spacial score (nSPS) is 39.6. The molecule has 0 radical (unpaired) electrons. The van der Waals surface area contributed by atoms with Crippen molar-refractivity contribution in [2.24, 2.45) is 11.8 Å². The van der Waals surface area contributed by atoms with Crippen LogP contribution in [-0.2, 0) is 4.32 Å². The summed E-state index contributed by atoms with van der Waals surface area (Å²) in [6, 6.07) is 10.7. The number of rotatable bonds is 1. The van der Waals surface area contributed by atoms with Gasteiger partial charge in [0.25, 0.3) is 0 Å². The third-order valence-electron chi connectivity index (χ3n) is 3.18. The summed E-state index contributed by atoms with van der Waals surface area (Å²) in [5.41, 5.74) is 1.42. The van der Waals surface area contributed by atoms with Gasteiger partial charge in [0.2, 0.25) is 0 Å². The van der Waals surface area contributed by atoms with Gasteiger partial charge in [0.15, 0.2) is 0 Å². The SMILES string of the molecule is C[C@H]1[C@H](C)C1(Br)c1ccccc1. The number of halogens is 1. The van der Waals surface area contributed by atoms with Crippen molar-refractivity contribution in [3.63, 3.8) is 0 Å². The molecule has 0 aliphatic heterocycles. The van der Waals surface area contributed by atoms with E-state index in [2.05, 4.69) is 60.1 Å². The van der Waals surface area contributed by atoms with Crippen LogP contribution >= 0.6 is 15.9 Å². The van der Waals surface area contributed by atoms with Gasteiger partial charge in [-0.1, -0.05) is 60.1 Å². The van der Waals surface area contributed by atoms with Crippen LogP contribution in [0.5, 0.6) is 0 Å². The van der Waals surface area contributed by atoms with Crippen LogP contribution < -0.4 is 0 Å². The Labute approximate surface area is 82.1 Å². The molecular formula is C11H13Br. The van der Waals surface area contributed by atoms with E-state index in [9.17, 15) is 0 Å². The molecule has 0 amide bonds. The average molecular weight is 225 g/mol. The molecule has 1 saturated carbocycles. The Bertz CT molecular complexity index is 270. The van der Waals surface area contributed by atoms with E-state index in [1.165, 1.54) is 5.56 Å². The smallest absolute Gasteiger partial charge is 0.0563 e. The molecule has 0 aromatic heterocycles. The van der Waals surface area contributed by atoms with Gasteiger partial charge in [-0.3, -0.25) is 0 Å². The molecule has 0 spiro atoms. The quantitative estimate of drug-likeness (QED) is 0.641. The van der Waals surface area contributed by atoms with E-state index in [4.69, 9.17) is 0 Å². The monoisotopic (exact) mass is 224 g/mol. The van der Waals surface area contributed by atoms with Crippen LogP contribution in [0.1, 0.15) is 19.4 Å². The molecule has 1 aliphatic carbocycles. The second kappa shape index (κ2) is 2.59. The lowest BCUT2D eigenvalue weighted by molar-refractivity contribution is 0.834. The van der Waals surface area contributed by atoms with Crippen LogP contribution in [0, 0.1) is 11.8 Å². The van der Waals surface area contributed by atoms with E-state index in [1.807, 2.05) is 0 Å². The summed E-state index contributed by atoms with van der Waals surface area (Å²) >= 11 is 3.83. The first kappa shape index (κ1) is 8.31. The predicted octanol–water partition coefficient (Wildman–Crippen LogP) is 3.56. The van der Waals surface area contributed by atoms with E-state index in [-0.39, 0.29) is 4.32 Å². The molecule has 2 rings (SSSR count). The largest absolute Gasteiger partial charge is 0.0795 e. The highest BCUT2D eigenvalue weighted by molar-refractivity contribution is 9.09. The first-order valence-electron chi connectivity index (χ1n) is 4.42. The molecule has 1 aromatic rings. The topological polar surface area (TPSA) is 0 Å². The zero-order chi connectivity index (χ0) is 8.77. The minimum Gasteiger partial charge on any atom is -0.0795 e. The summed E-state index contributed by atoms with van der Waals surface area (Å²) in [6.45, 7) is 4.60. The van der Waals surface area contributed by atoms with E-state index < -0.39 is 0 Å².